The Morgan fingerprint density at radius 2 is 1.94 bits per heavy atom. The molecule has 0 saturated carbocycles. The molecule has 0 saturated heterocycles. The van der Waals surface area contributed by atoms with Crippen LogP contribution in [-0.2, 0) is 12.8 Å². The van der Waals surface area contributed by atoms with Crippen molar-refractivity contribution >= 4 is 34.1 Å². The summed E-state index contributed by atoms with van der Waals surface area (Å²) in [7, 11) is 0. The van der Waals surface area contributed by atoms with Crippen LogP contribution in [0.5, 0.6) is 5.75 Å². The lowest BCUT2D eigenvalue weighted by Crippen LogP contribution is -2.27. The van der Waals surface area contributed by atoms with E-state index in [2.05, 4.69) is 32.0 Å². The second-order valence-corrected chi connectivity index (χ2v) is 10.7. The monoisotopic (exact) mass is 470 g/mol. The molecule has 1 aliphatic rings. The van der Waals surface area contributed by atoms with Crippen LogP contribution in [-0.4, -0.2) is 18.7 Å². The first-order chi connectivity index (χ1) is 16.4. The van der Waals surface area contributed by atoms with Gasteiger partial charge in [-0.05, 0) is 60.4 Å². The molecule has 3 aromatic rings. The number of ether oxygens (including phenoxy) is 1. The van der Waals surface area contributed by atoms with Gasteiger partial charge in [0.1, 0.15) is 17.4 Å². The quantitative estimate of drug-likeness (QED) is 0.314. The van der Waals surface area contributed by atoms with E-state index < -0.39 is 0 Å². The van der Waals surface area contributed by atoms with E-state index in [0.717, 1.165) is 41.1 Å². The van der Waals surface area contributed by atoms with E-state index in [0.29, 0.717) is 17.2 Å². The zero-order valence-corrected chi connectivity index (χ0v) is 20.7. The molecular formula is C29H30N2O2S. The number of benzene rings is 2. The number of nitrogens with zero attached hydrogens (tertiary/aromatic N) is 1. The summed E-state index contributed by atoms with van der Waals surface area (Å²) in [6.07, 6.45) is 10.1. The lowest BCUT2D eigenvalue weighted by molar-refractivity contribution is 0.102. The van der Waals surface area contributed by atoms with Crippen LogP contribution < -0.4 is 10.1 Å². The summed E-state index contributed by atoms with van der Waals surface area (Å²) in [5.74, 6) is 3.64. The van der Waals surface area contributed by atoms with Crippen molar-refractivity contribution in [2.75, 3.05) is 11.9 Å². The Labute approximate surface area is 206 Å². The van der Waals surface area contributed by atoms with Gasteiger partial charge in [0.05, 0.1) is 5.56 Å². The smallest absolute Gasteiger partial charge is 0.259 e. The van der Waals surface area contributed by atoms with Crippen molar-refractivity contribution in [3.63, 3.8) is 0 Å². The number of thiophene rings is 1. The van der Waals surface area contributed by atoms with Gasteiger partial charge in [0, 0.05) is 22.3 Å². The highest BCUT2D eigenvalue weighted by molar-refractivity contribution is 7.16. The summed E-state index contributed by atoms with van der Waals surface area (Å²) in [5, 5.41) is 3.80. The third kappa shape index (κ3) is 5.40. The number of nitrogens with one attached hydrogen (secondary N) is 1. The highest BCUT2D eigenvalue weighted by atomic mass is 32.1. The Hall–Kier alpha value is -3.36. The first kappa shape index (κ1) is 23.8. The highest BCUT2D eigenvalue weighted by Crippen LogP contribution is 2.45. The van der Waals surface area contributed by atoms with Crippen molar-refractivity contribution in [2.24, 2.45) is 16.3 Å². The van der Waals surface area contributed by atoms with E-state index in [1.807, 2.05) is 54.6 Å². The van der Waals surface area contributed by atoms with Crippen molar-refractivity contribution < 1.29 is 9.53 Å². The van der Waals surface area contributed by atoms with E-state index in [1.54, 1.807) is 17.6 Å². The molecule has 1 N–H and O–H groups in total. The van der Waals surface area contributed by atoms with Gasteiger partial charge >= 0.3 is 0 Å². The molecule has 0 spiro atoms. The van der Waals surface area contributed by atoms with Crippen molar-refractivity contribution in [2.45, 2.75) is 40.0 Å². The maximum atomic E-state index is 13.4. The van der Waals surface area contributed by atoms with E-state index in [4.69, 9.17) is 16.2 Å². The molecule has 1 atom stereocenters. The van der Waals surface area contributed by atoms with Gasteiger partial charge in [0.2, 0.25) is 0 Å². The summed E-state index contributed by atoms with van der Waals surface area (Å²) in [6.45, 7) is 7.08. The zero-order chi connectivity index (χ0) is 24.1. The number of hydrogen-bond acceptors (Lipinski definition) is 4. The Kier molecular flexibility index (Phi) is 7.19. The molecule has 174 valence electrons. The molecule has 0 unspecified atom stereocenters. The van der Waals surface area contributed by atoms with E-state index >= 15 is 0 Å². The number of para-hydroxylation sites is 2. The summed E-state index contributed by atoms with van der Waals surface area (Å²) in [4.78, 5) is 19.5. The summed E-state index contributed by atoms with van der Waals surface area (Å²) in [5.41, 5.74) is 3.66. The average Bonchev–Trinajstić information content (AvgIpc) is 3.19. The summed E-state index contributed by atoms with van der Waals surface area (Å²) in [6, 6.07) is 17.2. The minimum absolute atomic E-state index is 0.109. The predicted octanol–water partition coefficient (Wildman–Crippen LogP) is 6.91. The van der Waals surface area contributed by atoms with Crippen molar-refractivity contribution in [3.8, 4) is 18.1 Å². The molecular weight excluding hydrogens is 440 g/mol. The molecule has 34 heavy (non-hydrogen) atoms. The molecule has 1 aliphatic carbocycles. The lowest BCUT2D eigenvalue weighted by Gasteiger charge is -2.33. The molecule has 1 amide bonds. The minimum atomic E-state index is -0.109. The second kappa shape index (κ2) is 10.3. The third-order valence-corrected chi connectivity index (χ3v) is 7.44. The topological polar surface area (TPSA) is 50.7 Å². The largest absolute Gasteiger partial charge is 0.480 e. The van der Waals surface area contributed by atoms with E-state index in [1.165, 1.54) is 4.88 Å². The van der Waals surface area contributed by atoms with Gasteiger partial charge in [0.25, 0.3) is 5.91 Å². The number of hydrogen-bond donors (Lipinski definition) is 1. The first-order valence-electron chi connectivity index (χ1n) is 11.6. The van der Waals surface area contributed by atoms with Crippen LogP contribution >= 0.6 is 11.3 Å². The Bertz CT molecular complexity index is 1230. The van der Waals surface area contributed by atoms with Crippen LogP contribution in [0, 0.1) is 23.7 Å². The third-order valence-electron chi connectivity index (χ3n) is 6.28. The van der Waals surface area contributed by atoms with Crippen LogP contribution in [0.3, 0.4) is 0 Å². The van der Waals surface area contributed by atoms with Gasteiger partial charge in [-0.2, -0.15) is 0 Å². The molecule has 0 aliphatic heterocycles. The Morgan fingerprint density at radius 1 is 1.21 bits per heavy atom. The van der Waals surface area contributed by atoms with Crippen LogP contribution in [0.15, 0.2) is 59.6 Å². The number of fused-ring (bicyclic) bond motifs is 1. The molecule has 5 heteroatoms. The van der Waals surface area contributed by atoms with Crippen LogP contribution in [0.25, 0.3) is 0 Å². The number of terminal acetylenes is 1. The molecule has 0 fully saturated rings. The molecule has 4 rings (SSSR count). The fourth-order valence-corrected chi connectivity index (χ4v) is 5.59. The van der Waals surface area contributed by atoms with Gasteiger partial charge in [-0.25, -0.2) is 4.99 Å². The zero-order valence-electron chi connectivity index (χ0n) is 19.9. The average molecular weight is 471 g/mol. The SMILES string of the molecule is C#CCOc1ccccc1C=Nc1sc2c(c1C(=O)Nc1ccccc1)CC[C@@H](C(C)(C)C)C2. The van der Waals surface area contributed by atoms with Crippen LogP contribution in [0.1, 0.15) is 53.6 Å². The molecule has 4 nitrogen and oxygen atoms in total. The highest BCUT2D eigenvalue weighted by Gasteiger charge is 2.33. The van der Waals surface area contributed by atoms with Crippen LogP contribution in [0.2, 0.25) is 0 Å². The summed E-state index contributed by atoms with van der Waals surface area (Å²) >= 11 is 1.63. The molecule has 2 aromatic carbocycles. The number of rotatable bonds is 6. The van der Waals surface area contributed by atoms with Gasteiger partial charge in [0.15, 0.2) is 0 Å². The maximum absolute atomic E-state index is 13.4. The minimum Gasteiger partial charge on any atom is -0.480 e. The molecule has 1 aromatic heterocycles. The van der Waals surface area contributed by atoms with Crippen molar-refractivity contribution in [3.05, 3.63) is 76.2 Å². The molecule has 0 bridgehead atoms. The fourth-order valence-electron chi connectivity index (χ4n) is 4.32. The lowest BCUT2D eigenvalue weighted by atomic mass is 9.72. The van der Waals surface area contributed by atoms with Gasteiger partial charge in [-0.1, -0.05) is 57.0 Å². The number of aliphatic imine (C=N–C) groups is 1. The molecule has 0 radical (unpaired) electrons. The summed E-state index contributed by atoms with van der Waals surface area (Å²) < 4.78 is 5.66. The fraction of sp³-hybridized carbons (Fsp3) is 0.310. The first-order valence-corrected chi connectivity index (χ1v) is 12.4. The van der Waals surface area contributed by atoms with Gasteiger partial charge in [-0.15, -0.1) is 17.8 Å². The standard InChI is InChI=1S/C29H30N2O2S/c1-5-17-33-24-14-10-9-11-20(24)19-30-28-26(27(32)31-22-12-7-6-8-13-22)23-16-15-21(29(2,3)4)18-25(23)34-28/h1,6-14,19,21H,15-18H2,2-4H3,(H,31,32)/t21-/m1/s1. The van der Waals surface area contributed by atoms with Gasteiger partial charge < -0.3 is 10.1 Å². The van der Waals surface area contributed by atoms with Crippen molar-refractivity contribution in [1.82, 2.24) is 0 Å². The van der Waals surface area contributed by atoms with E-state index in [9.17, 15) is 4.79 Å². The number of carbonyl (C=O) groups excluding carboxylic acids is 1. The maximum Gasteiger partial charge on any atom is 0.259 e. The Balaban J connectivity index is 1.70. The molecule has 1 heterocycles. The van der Waals surface area contributed by atoms with Crippen LogP contribution in [0.4, 0.5) is 10.7 Å². The second-order valence-electron chi connectivity index (χ2n) is 9.60. The number of carbonyl (C=O) groups is 1. The predicted molar refractivity (Wildman–Crippen MR) is 142 cm³/mol. The number of amides is 1. The Morgan fingerprint density at radius 3 is 2.68 bits per heavy atom. The normalized spacial score (nSPS) is 15.5. The van der Waals surface area contributed by atoms with E-state index in [-0.39, 0.29) is 17.9 Å². The van der Waals surface area contributed by atoms with Crippen molar-refractivity contribution in [1.29, 1.82) is 0 Å². The van der Waals surface area contributed by atoms with Gasteiger partial charge in [-0.3, -0.25) is 4.79 Å². The number of anilines is 1.